The third-order valence-electron chi connectivity index (χ3n) is 11.5. The van der Waals surface area contributed by atoms with Crippen LogP contribution in [0.25, 0.3) is 0 Å². The lowest BCUT2D eigenvalue weighted by atomic mass is 9.43. The van der Waals surface area contributed by atoms with Crippen LogP contribution in [0, 0.1) is 46.3 Å². The van der Waals surface area contributed by atoms with Gasteiger partial charge in [0.25, 0.3) is 0 Å². The average molecular weight is 520 g/mol. The van der Waals surface area contributed by atoms with E-state index in [1.54, 1.807) is 0 Å². The molecule has 10 atom stereocenters. The van der Waals surface area contributed by atoms with E-state index in [0.29, 0.717) is 55.1 Å². The van der Waals surface area contributed by atoms with Gasteiger partial charge in [-0.15, -0.1) is 0 Å². The second kappa shape index (κ2) is 11.9. The van der Waals surface area contributed by atoms with Gasteiger partial charge in [-0.2, -0.15) is 0 Å². The van der Waals surface area contributed by atoms with Crippen LogP contribution in [0.3, 0.4) is 0 Å². The van der Waals surface area contributed by atoms with Gasteiger partial charge in [-0.25, -0.2) is 0 Å². The molecule has 0 spiro atoms. The molecule has 212 valence electrons. The molecule has 0 saturated heterocycles. The maximum Gasteiger partial charge on any atom is 0.307 e. The monoisotopic (exact) mass is 519 g/mol. The largest absolute Gasteiger partial charge is 0.462 e. The molecular formula is C30H53N3O4. The first kappa shape index (κ1) is 28.8. The fraction of sp³-hybridized carbons (Fsp3) is 0.933. The highest BCUT2D eigenvalue weighted by molar-refractivity contribution is 5.70. The second-order valence-electron chi connectivity index (χ2n) is 13.3. The predicted octanol–water partition coefficient (Wildman–Crippen LogP) is 4.15. The predicted molar refractivity (Wildman–Crippen MR) is 145 cm³/mol. The molecule has 0 bridgehead atoms. The number of carbonyl (C=O) groups excluding carboxylic acids is 2. The van der Waals surface area contributed by atoms with Crippen molar-refractivity contribution >= 4 is 11.9 Å². The summed E-state index contributed by atoms with van der Waals surface area (Å²) >= 11 is 0. The van der Waals surface area contributed by atoms with E-state index in [9.17, 15) is 9.59 Å². The van der Waals surface area contributed by atoms with Crippen molar-refractivity contribution in [3.05, 3.63) is 0 Å². The van der Waals surface area contributed by atoms with Gasteiger partial charge in [0.15, 0.2) is 0 Å². The van der Waals surface area contributed by atoms with Crippen molar-refractivity contribution in [3.8, 4) is 0 Å². The van der Waals surface area contributed by atoms with Crippen molar-refractivity contribution in [2.24, 2.45) is 63.5 Å². The van der Waals surface area contributed by atoms with Crippen LogP contribution < -0.4 is 17.2 Å². The Morgan fingerprint density at radius 3 is 2.27 bits per heavy atom. The minimum Gasteiger partial charge on any atom is -0.462 e. The van der Waals surface area contributed by atoms with Gasteiger partial charge in [-0.05, 0) is 92.9 Å². The molecule has 4 saturated carbocycles. The van der Waals surface area contributed by atoms with Crippen LogP contribution in [0.5, 0.6) is 0 Å². The van der Waals surface area contributed by atoms with Crippen LogP contribution in [0.1, 0.15) is 97.8 Å². The lowest BCUT2D eigenvalue weighted by Crippen LogP contribution is -2.63. The number of esters is 2. The normalized spacial score (nSPS) is 41.7. The average Bonchev–Trinajstić information content (AvgIpc) is 3.21. The minimum atomic E-state index is -0.168. The Balaban J connectivity index is 1.73. The van der Waals surface area contributed by atoms with E-state index >= 15 is 0 Å². The Kier molecular flexibility index (Phi) is 9.28. The summed E-state index contributed by atoms with van der Waals surface area (Å²) in [5.74, 6) is 2.24. The molecule has 7 heteroatoms. The molecule has 0 aromatic rings. The fourth-order valence-corrected chi connectivity index (χ4v) is 9.75. The van der Waals surface area contributed by atoms with Crippen LogP contribution in [-0.4, -0.2) is 43.8 Å². The lowest BCUT2D eigenvalue weighted by Gasteiger charge is -2.64. The van der Waals surface area contributed by atoms with Crippen LogP contribution >= 0.6 is 0 Å². The highest BCUT2D eigenvalue weighted by Gasteiger charge is 2.67. The number of hydrogen-bond donors (Lipinski definition) is 3. The van der Waals surface area contributed by atoms with Gasteiger partial charge in [0.2, 0.25) is 0 Å². The summed E-state index contributed by atoms with van der Waals surface area (Å²) in [5.41, 5.74) is 17.4. The summed E-state index contributed by atoms with van der Waals surface area (Å²) in [6.07, 6.45) is 11.4. The van der Waals surface area contributed by atoms with Crippen molar-refractivity contribution in [2.75, 3.05) is 19.6 Å². The SMILES string of the molecule is C[C@H](CCCN)C1CC[C@H]2C3[C@H](OC(=O)CCN)CC4CCCC[C@]4(C)[C@H]3C[C@H](OC(=O)CCN)[C@]12C. The first-order valence-electron chi connectivity index (χ1n) is 15.2. The minimum absolute atomic E-state index is 0.0664. The maximum atomic E-state index is 12.9. The molecule has 3 unspecified atom stereocenters. The van der Waals surface area contributed by atoms with E-state index in [4.69, 9.17) is 26.7 Å². The van der Waals surface area contributed by atoms with Gasteiger partial charge in [-0.3, -0.25) is 9.59 Å². The Bertz CT molecular complexity index is 808. The zero-order valence-electron chi connectivity index (χ0n) is 23.6. The highest BCUT2D eigenvalue weighted by Crippen LogP contribution is 2.69. The Morgan fingerprint density at radius 1 is 0.892 bits per heavy atom. The number of hydrogen-bond acceptors (Lipinski definition) is 7. The number of rotatable bonds is 10. The van der Waals surface area contributed by atoms with Crippen LogP contribution in [0.2, 0.25) is 0 Å². The zero-order valence-corrected chi connectivity index (χ0v) is 23.6. The molecule has 4 rings (SSSR count). The Hall–Kier alpha value is -1.18. The molecule has 0 heterocycles. The topological polar surface area (TPSA) is 131 Å². The lowest BCUT2D eigenvalue weighted by molar-refractivity contribution is -0.221. The van der Waals surface area contributed by atoms with E-state index in [0.717, 1.165) is 38.5 Å². The summed E-state index contributed by atoms with van der Waals surface area (Å²) in [6.45, 7) is 8.57. The van der Waals surface area contributed by atoms with Crippen LogP contribution in [0.4, 0.5) is 0 Å². The third-order valence-corrected chi connectivity index (χ3v) is 11.5. The van der Waals surface area contributed by atoms with Crippen LogP contribution in [0.15, 0.2) is 0 Å². The smallest absolute Gasteiger partial charge is 0.307 e. The first-order valence-corrected chi connectivity index (χ1v) is 15.2. The quantitative estimate of drug-likeness (QED) is 0.370. The zero-order chi connectivity index (χ0) is 26.8. The number of fused-ring (bicyclic) bond motifs is 5. The molecule has 7 nitrogen and oxygen atoms in total. The van der Waals surface area contributed by atoms with Gasteiger partial charge in [0.1, 0.15) is 12.2 Å². The molecule has 0 amide bonds. The van der Waals surface area contributed by atoms with Gasteiger partial charge >= 0.3 is 11.9 Å². The summed E-state index contributed by atoms with van der Waals surface area (Å²) in [7, 11) is 0. The van der Waals surface area contributed by atoms with Crippen molar-refractivity contribution in [1.29, 1.82) is 0 Å². The molecule has 0 aromatic carbocycles. The highest BCUT2D eigenvalue weighted by atomic mass is 16.5. The number of nitrogens with two attached hydrogens (primary N) is 3. The molecule has 37 heavy (non-hydrogen) atoms. The van der Waals surface area contributed by atoms with Crippen LogP contribution in [-0.2, 0) is 19.1 Å². The first-order chi connectivity index (χ1) is 17.7. The summed E-state index contributed by atoms with van der Waals surface area (Å²) in [5, 5.41) is 0. The third kappa shape index (κ3) is 5.34. The number of ether oxygens (including phenoxy) is 2. The molecule has 4 aliphatic rings. The van der Waals surface area contributed by atoms with Gasteiger partial charge < -0.3 is 26.7 Å². The summed E-state index contributed by atoms with van der Waals surface area (Å²) < 4.78 is 12.7. The van der Waals surface area contributed by atoms with E-state index in [1.807, 2.05) is 0 Å². The van der Waals surface area contributed by atoms with E-state index < -0.39 is 0 Å². The maximum absolute atomic E-state index is 12.9. The van der Waals surface area contributed by atoms with Crippen molar-refractivity contribution in [2.45, 2.75) is 110 Å². The summed E-state index contributed by atoms with van der Waals surface area (Å²) in [6, 6.07) is 0. The van der Waals surface area contributed by atoms with Crippen molar-refractivity contribution in [1.82, 2.24) is 0 Å². The van der Waals surface area contributed by atoms with Gasteiger partial charge in [0.05, 0.1) is 12.8 Å². The molecule has 0 aromatic heterocycles. The van der Waals surface area contributed by atoms with E-state index in [-0.39, 0.29) is 47.8 Å². The summed E-state index contributed by atoms with van der Waals surface area (Å²) in [4.78, 5) is 25.7. The van der Waals surface area contributed by atoms with Gasteiger partial charge in [0, 0.05) is 24.4 Å². The number of carbonyl (C=O) groups is 2. The second-order valence-corrected chi connectivity index (χ2v) is 13.3. The van der Waals surface area contributed by atoms with E-state index in [2.05, 4.69) is 20.8 Å². The standard InChI is InChI=1S/C30H53N3O4/c1-19(7-6-14-31)21-9-10-22-28-23(18-25(30(21,22)3)37-27(35)12-16-33)29(2)13-5-4-8-20(29)17-24(28)36-26(34)11-15-32/h19-25,28H,4-18,31-33H2,1-3H3/t19-,20?,21?,22+,23+,24-,25+,28?,29+,30-/m1/s1. The fourth-order valence-electron chi connectivity index (χ4n) is 9.75. The molecule has 4 fully saturated rings. The molecular weight excluding hydrogens is 466 g/mol. The van der Waals surface area contributed by atoms with Crippen molar-refractivity contribution < 1.29 is 19.1 Å². The molecule has 6 N–H and O–H groups in total. The Morgan fingerprint density at radius 2 is 1.59 bits per heavy atom. The van der Waals surface area contributed by atoms with Gasteiger partial charge in [-0.1, -0.05) is 33.6 Å². The Labute approximate surface area is 224 Å². The molecule has 4 aliphatic carbocycles. The van der Waals surface area contributed by atoms with E-state index in [1.165, 1.54) is 25.7 Å². The van der Waals surface area contributed by atoms with Crippen molar-refractivity contribution in [3.63, 3.8) is 0 Å². The molecule has 0 radical (unpaired) electrons. The molecule has 0 aliphatic heterocycles.